The van der Waals surface area contributed by atoms with Crippen molar-refractivity contribution in [3.8, 4) is 0 Å². The molecule has 0 aromatic heterocycles. The Balaban J connectivity index is 3.74. The Bertz CT molecular complexity index is 139. The first kappa shape index (κ1) is 15.1. The molecule has 0 aliphatic carbocycles. The lowest BCUT2D eigenvalue weighted by molar-refractivity contribution is 0.0926. The van der Waals surface area contributed by atoms with Crippen molar-refractivity contribution in [1.82, 2.24) is 0 Å². The van der Waals surface area contributed by atoms with Crippen molar-refractivity contribution < 1.29 is 18.0 Å². The zero-order valence-electron chi connectivity index (χ0n) is 10.4. The summed E-state index contributed by atoms with van der Waals surface area (Å²) in [6, 6.07) is 0.879. The topological polar surface area (TPSA) is 36.9 Å². The molecule has 0 unspecified atom stereocenters. The van der Waals surface area contributed by atoms with Crippen LogP contribution in [-0.4, -0.2) is 43.3 Å². The van der Waals surface area contributed by atoms with E-state index in [9.17, 15) is 0 Å². The van der Waals surface area contributed by atoms with Gasteiger partial charge in [0.15, 0.2) is 0 Å². The number of unbranched alkanes of at least 4 members (excludes halogenated alkanes) is 1. The molecule has 0 amide bonds. The van der Waals surface area contributed by atoms with Crippen LogP contribution >= 0.6 is 0 Å². The molecule has 0 aromatic rings. The molecular formula is C10H24O4Si. The fraction of sp³-hybridized carbons (Fsp3) is 1.00. The standard InChI is InChI=1S/C10H24O4Si/c1-5-10-15(12-3,13-4)14-9-7-6-8-11-2/h5-10H2,1-4H3. The molecule has 0 bridgehead atoms. The summed E-state index contributed by atoms with van der Waals surface area (Å²) < 4.78 is 21.5. The van der Waals surface area contributed by atoms with E-state index in [4.69, 9.17) is 18.0 Å². The summed E-state index contributed by atoms with van der Waals surface area (Å²) in [5.41, 5.74) is 0. The highest BCUT2D eigenvalue weighted by atomic mass is 28.4. The van der Waals surface area contributed by atoms with Crippen molar-refractivity contribution >= 4 is 8.80 Å². The lowest BCUT2D eigenvalue weighted by atomic mass is 10.3. The molecule has 0 rings (SSSR count). The third-order valence-electron chi connectivity index (χ3n) is 2.24. The molecule has 0 N–H and O–H groups in total. The fourth-order valence-corrected chi connectivity index (χ4v) is 3.38. The van der Waals surface area contributed by atoms with Gasteiger partial charge in [0.1, 0.15) is 0 Å². The van der Waals surface area contributed by atoms with Gasteiger partial charge >= 0.3 is 8.80 Å². The number of ether oxygens (including phenoxy) is 1. The molecule has 0 saturated heterocycles. The molecule has 5 heteroatoms. The predicted molar refractivity (Wildman–Crippen MR) is 61.9 cm³/mol. The van der Waals surface area contributed by atoms with Crippen LogP contribution in [0.4, 0.5) is 0 Å². The first-order valence-corrected chi connectivity index (χ1v) is 7.41. The van der Waals surface area contributed by atoms with E-state index < -0.39 is 8.80 Å². The first-order chi connectivity index (χ1) is 7.24. The van der Waals surface area contributed by atoms with Crippen LogP contribution < -0.4 is 0 Å². The van der Waals surface area contributed by atoms with Gasteiger partial charge in [0.05, 0.1) is 0 Å². The lowest BCUT2D eigenvalue weighted by Crippen LogP contribution is -2.43. The van der Waals surface area contributed by atoms with Crippen LogP contribution in [0.2, 0.25) is 6.04 Å². The molecule has 0 spiro atoms. The van der Waals surface area contributed by atoms with Crippen molar-refractivity contribution in [2.45, 2.75) is 32.2 Å². The second kappa shape index (κ2) is 9.29. The van der Waals surface area contributed by atoms with E-state index in [-0.39, 0.29) is 0 Å². The Hall–Kier alpha value is 0.0569. The highest BCUT2D eigenvalue weighted by Crippen LogP contribution is 2.16. The SMILES string of the molecule is CCC[Si](OC)(OC)OCCCCOC. The van der Waals surface area contributed by atoms with E-state index in [1.165, 1.54) is 0 Å². The Morgan fingerprint density at radius 1 is 0.933 bits per heavy atom. The van der Waals surface area contributed by atoms with Gasteiger partial charge in [-0.15, -0.1) is 0 Å². The average Bonchev–Trinajstić information content (AvgIpc) is 2.27. The summed E-state index contributed by atoms with van der Waals surface area (Å²) in [6.45, 7) is 3.58. The maximum absolute atomic E-state index is 5.75. The number of methoxy groups -OCH3 is 1. The Morgan fingerprint density at radius 3 is 2.00 bits per heavy atom. The number of hydrogen-bond donors (Lipinski definition) is 0. The summed E-state index contributed by atoms with van der Waals surface area (Å²) in [6.07, 6.45) is 3.02. The number of hydrogen-bond acceptors (Lipinski definition) is 4. The second-order valence-electron chi connectivity index (χ2n) is 3.39. The summed E-state index contributed by atoms with van der Waals surface area (Å²) in [4.78, 5) is 0. The zero-order valence-corrected chi connectivity index (χ0v) is 11.4. The Kier molecular flexibility index (Phi) is 9.33. The highest BCUT2D eigenvalue weighted by molar-refractivity contribution is 6.60. The molecule has 4 nitrogen and oxygen atoms in total. The maximum Gasteiger partial charge on any atom is 0.500 e. The maximum atomic E-state index is 5.75. The molecule has 0 fully saturated rings. The van der Waals surface area contributed by atoms with E-state index in [1.54, 1.807) is 21.3 Å². The van der Waals surface area contributed by atoms with Crippen molar-refractivity contribution in [2.24, 2.45) is 0 Å². The zero-order chi connectivity index (χ0) is 11.6. The molecule has 0 saturated carbocycles. The van der Waals surface area contributed by atoms with Crippen LogP contribution in [0.1, 0.15) is 26.2 Å². The van der Waals surface area contributed by atoms with Crippen LogP contribution in [0.15, 0.2) is 0 Å². The molecule has 0 radical (unpaired) electrons. The van der Waals surface area contributed by atoms with Gasteiger partial charge in [-0.25, -0.2) is 0 Å². The van der Waals surface area contributed by atoms with Crippen molar-refractivity contribution in [3.63, 3.8) is 0 Å². The average molecular weight is 236 g/mol. The van der Waals surface area contributed by atoms with Crippen LogP contribution in [0.3, 0.4) is 0 Å². The molecule has 92 valence electrons. The lowest BCUT2D eigenvalue weighted by Gasteiger charge is -2.25. The van der Waals surface area contributed by atoms with Crippen molar-refractivity contribution in [2.75, 3.05) is 34.5 Å². The molecule has 0 aliphatic heterocycles. The van der Waals surface area contributed by atoms with Gasteiger partial charge in [0.2, 0.25) is 0 Å². The van der Waals surface area contributed by atoms with E-state index in [1.807, 2.05) is 0 Å². The molecule has 0 aromatic carbocycles. The van der Waals surface area contributed by atoms with Gasteiger partial charge < -0.3 is 18.0 Å². The van der Waals surface area contributed by atoms with E-state index >= 15 is 0 Å². The summed E-state index contributed by atoms with van der Waals surface area (Å²) in [5.74, 6) is 0. The smallest absolute Gasteiger partial charge is 0.385 e. The van der Waals surface area contributed by atoms with Crippen LogP contribution in [-0.2, 0) is 18.0 Å². The monoisotopic (exact) mass is 236 g/mol. The largest absolute Gasteiger partial charge is 0.500 e. The summed E-state index contributed by atoms with van der Waals surface area (Å²) >= 11 is 0. The summed E-state index contributed by atoms with van der Waals surface area (Å²) in [7, 11) is 2.70. The van der Waals surface area contributed by atoms with Gasteiger partial charge in [0, 0.05) is 40.6 Å². The van der Waals surface area contributed by atoms with Gasteiger partial charge in [0.25, 0.3) is 0 Å². The summed E-state index contributed by atoms with van der Waals surface area (Å²) in [5, 5.41) is 0. The minimum absolute atomic E-state index is 0.692. The molecule has 0 heterocycles. The minimum Gasteiger partial charge on any atom is -0.385 e. The van der Waals surface area contributed by atoms with Crippen LogP contribution in [0.25, 0.3) is 0 Å². The number of rotatable bonds is 10. The van der Waals surface area contributed by atoms with E-state index in [2.05, 4.69) is 6.92 Å². The normalized spacial score (nSPS) is 12.0. The predicted octanol–water partition coefficient (Wildman–Crippen LogP) is 2.07. The quantitative estimate of drug-likeness (QED) is 0.430. The van der Waals surface area contributed by atoms with E-state index in [0.29, 0.717) is 6.61 Å². The van der Waals surface area contributed by atoms with Crippen molar-refractivity contribution in [3.05, 3.63) is 0 Å². The second-order valence-corrected chi connectivity index (χ2v) is 6.36. The van der Waals surface area contributed by atoms with Gasteiger partial charge in [-0.3, -0.25) is 0 Å². The molecular weight excluding hydrogens is 212 g/mol. The molecule has 15 heavy (non-hydrogen) atoms. The van der Waals surface area contributed by atoms with E-state index in [0.717, 1.165) is 31.9 Å². The minimum atomic E-state index is -2.34. The fourth-order valence-electron chi connectivity index (χ4n) is 1.36. The molecule has 0 aliphatic rings. The van der Waals surface area contributed by atoms with Gasteiger partial charge in [-0.1, -0.05) is 13.3 Å². The van der Waals surface area contributed by atoms with Crippen LogP contribution in [0.5, 0.6) is 0 Å². The Labute approximate surface area is 94.2 Å². The Morgan fingerprint density at radius 2 is 1.53 bits per heavy atom. The van der Waals surface area contributed by atoms with Gasteiger partial charge in [-0.2, -0.15) is 0 Å². The van der Waals surface area contributed by atoms with Crippen molar-refractivity contribution in [1.29, 1.82) is 0 Å². The first-order valence-electron chi connectivity index (χ1n) is 5.48. The van der Waals surface area contributed by atoms with Crippen LogP contribution in [0, 0.1) is 0 Å². The van der Waals surface area contributed by atoms with Gasteiger partial charge in [-0.05, 0) is 12.8 Å². The molecule has 0 atom stereocenters. The highest BCUT2D eigenvalue weighted by Gasteiger charge is 2.37. The third kappa shape index (κ3) is 6.27. The third-order valence-corrected chi connectivity index (χ3v) is 5.24.